The molecule has 2 rings (SSSR count). The van der Waals surface area contributed by atoms with Gasteiger partial charge >= 0.3 is 0 Å². The molecule has 2 aromatic rings. The van der Waals surface area contributed by atoms with Crippen LogP contribution in [-0.4, -0.2) is 38.2 Å². The molecule has 9 nitrogen and oxygen atoms in total. The lowest BCUT2D eigenvalue weighted by Gasteiger charge is -2.23. The van der Waals surface area contributed by atoms with Crippen LogP contribution in [0.15, 0.2) is 42.5 Å². The summed E-state index contributed by atoms with van der Waals surface area (Å²) in [6, 6.07) is 9.89. The molecule has 2 aromatic carbocycles. The number of hydrogen-bond donors (Lipinski definition) is 1. The largest absolute Gasteiger partial charge is 0.491 e. The van der Waals surface area contributed by atoms with Crippen LogP contribution in [0, 0.1) is 10.1 Å². The summed E-state index contributed by atoms with van der Waals surface area (Å²) in [6.45, 7) is 3.11. The minimum atomic E-state index is -3.81. The number of nitro benzene ring substituents is 1. The minimum Gasteiger partial charge on any atom is -0.491 e. The number of amides is 1. The number of carbonyl (C=O) groups excluding carboxylic acids is 1. The summed E-state index contributed by atoms with van der Waals surface area (Å²) in [5, 5.41) is 13.4. The van der Waals surface area contributed by atoms with Crippen molar-refractivity contribution >= 4 is 44.6 Å². The van der Waals surface area contributed by atoms with Crippen molar-refractivity contribution in [2.75, 3.05) is 22.4 Å². The van der Waals surface area contributed by atoms with Crippen molar-refractivity contribution in [2.24, 2.45) is 0 Å². The SMILES string of the molecule is CC(C)Oc1cccc(N(CC(=O)Nc2cc([N+](=O)[O-])ccc2Cl)S(C)(=O)=O)c1. The molecule has 11 heteroatoms. The lowest BCUT2D eigenvalue weighted by molar-refractivity contribution is -0.384. The second kappa shape index (κ2) is 9.10. The van der Waals surface area contributed by atoms with E-state index in [2.05, 4.69) is 5.32 Å². The molecule has 0 fully saturated rings. The third kappa shape index (κ3) is 6.33. The predicted molar refractivity (Wildman–Crippen MR) is 111 cm³/mol. The van der Waals surface area contributed by atoms with Gasteiger partial charge in [0.15, 0.2) is 0 Å². The van der Waals surface area contributed by atoms with E-state index in [4.69, 9.17) is 16.3 Å². The van der Waals surface area contributed by atoms with Crippen LogP contribution in [0.4, 0.5) is 17.1 Å². The number of halogens is 1. The van der Waals surface area contributed by atoms with Crippen LogP contribution in [-0.2, 0) is 14.8 Å². The van der Waals surface area contributed by atoms with Crippen LogP contribution < -0.4 is 14.4 Å². The first kappa shape index (κ1) is 22.4. The van der Waals surface area contributed by atoms with E-state index in [0.29, 0.717) is 5.75 Å². The van der Waals surface area contributed by atoms with Crippen LogP contribution in [0.2, 0.25) is 5.02 Å². The highest BCUT2D eigenvalue weighted by Crippen LogP contribution is 2.27. The quantitative estimate of drug-likeness (QED) is 0.495. The van der Waals surface area contributed by atoms with Crippen molar-refractivity contribution in [3.8, 4) is 5.75 Å². The maximum Gasteiger partial charge on any atom is 0.271 e. The Morgan fingerprint density at radius 1 is 1.28 bits per heavy atom. The Labute approximate surface area is 173 Å². The van der Waals surface area contributed by atoms with Crippen LogP contribution in [0.5, 0.6) is 5.75 Å². The maximum absolute atomic E-state index is 12.5. The van der Waals surface area contributed by atoms with Crippen molar-refractivity contribution < 1.29 is 22.9 Å². The van der Waals surface area contributed by atoms with E-state index >= 15 is 0 Å². The molecule has 0 aliphatic carbocycles. The number of nitrogens with one attached hydrogen (secondary N) is 1. The number of non-ortho nitro benzene ring substituents is 1. The Bertz CT molecular complexity index is 1030. The highest BCUT2D eigenvalue weighted by molar-refractivity contribution is 7.92. The summed E-state index contributed by atoms with van der Waals surface area (Å²) in [5.41, 5.74) is -0.00893. The molecule has 0 aromatic heterocycles. The Hall–Kier alpha value is -2.85. The first-order valence-corrected chi connectivity index (χ1v) is 10.7. The summed E-state index contributed by atoms with van der Waals surface area (Å²) in [7, 11) is -3.81. The third-order valence-electron chi connectivity index (χ3n) is 3.60. The Morgan fingerprint density at radius 3 is 2.55 bits per heavy atom. The number of nitro groups is 1. The van der Waals surface area contributed by atoms with Crippen molar-refractivity contribution in [3.05, 3.63) is 57.6 Å². The zero-order valence-corrected chi connectivity index (χ0v) is 17.5. The van der Waals surface area contributed by atoms with Crippen molar-refractivity contribution in [3.63, 3.8) is 0 Å². The van der Waals surface area contributed by atoms with Crippen LogP contribution in [0.1, 0.15) is 13.8 Å². The molecule has 29 heavy (non-hydrogen) atoms. The molecule has 0 radical (unpaired) electrons. The summed E-state index contributed by atoms with van der Waals surface area (Å²) in [5.74, 6) is -0.263. The summed E-state index contributed by atoms with van der Waals surface area (Å²) in [4.78, 5) is 22.7. The number of ether oxygens (including phenoxy) is 1. The van der Waals surface area contributed by atoms with E-state index in [-0.39, 0.29) is 28.2 Å². The highest BCUT2D eigenvalue weighted by Gasteiger charge is 2.22. The lowest BCUT2D eigenvalue weighted by Crippen LogP contribution is -2.37. The highest BCUT2D eigenvalue weighted by atomic mass is 35.5. The number of nitrogens with zero attached hydrogens (tertiary/aromatic N) is 2. The van der Waals surface area contributed by atoms with Gasteiger partial charge < -0.3 is 10.1 Å². The van der Waals surface area contributed by atoms with Crippen LogP contribution in [0.3, 0.4) is 0 Å². The maximum atomic E-state index is 12.5. The first-order valence-electron chi connectivity index (χ1n) is 8.45. The fraction of sp³-hybridized carbons (Fsp3) is 0.278. The number of anilines is 2. The molecular formula is C18H20ClN3O6S. The average Bonchev–Trinajstić information content (AvgIpc) is 2.60. The van der Waals surface area contributed by atoms with Gasteiger partial charge in [0.1, 0.15) is 12.3 Å². The number of carbonyl (C=O) groups is 1. The third-order valence-corrected chi connectivity index (χ3v) is 5.07. The van der Waals surface area contributed by atoms with Crippen molar-refractivity contribution in [1.29, 1.82) is 0 Å². The molecule has 0 saturated carbocycles. The van der Waals surface area contributed by atoms with Gasteiger partial charge in [-0.3, -0.25) is 19.2 Å². The fourth-order valence-electron chi connectivity index (χ4n) is 2.43. The Kier molecular flexibility index (Phi) is 7.04. The average molecular weight is 442 g/mol. The standard InChI is InChI=1S/C18H20ClN3O6S/c1-12(2)28-15-6-4-5-13(9-15)21(29(3,26)27)11-18(23)20-17-10-14(22(24)25)7-8-16(17)19/h4-10,12H,11H2,1-3H3,(H,20,23). The van der Waals surface area contributed by atoms with E-state index in [9.17, 15) is 23.3 Å². The summed E-state index contributed by atoms with van der Waals surface area (Å²) >= 11 is 5.97. The van der Waals surface area contributed by atoms with Gasteiger partial charge in [0, 0.05) is 18.2 Å². The molecule has 0 saturated heterocycles. The van der Waals surface area contributed by atoms with Gasteiger partial charge in [-0.05, 0) is 32.0 Å². The van der Waals surface area contributed by atoms with E-state index in [0.717, 1.165) is 16.6 Å². The normalized spacial score (nSPS) is 11.2. The molecule has 0 atom stereocenters. The van der Waals surface area contributed by atoms with Crippen LogP contribution >= 0.6 is 11.6 Å². The smallest absolute Gasteiger partial charge is 0.271 e. The number of hydrogen-bond acceptors (Lipinski definition) is 6. The molecule has 0 aliphatic rings. The molecule has 0 aliphatic heterocycles. The fourth-order valence-corrected chi connectivity index (χ4v) is 3.44. The van der Waals surface area contributed by atoms with Gasteiger partial charge in [-0.2, -0.15) is 0 Å². The first-order chi connectivity index (χ1) is 13.5. The topological polar surface area (TPSA) is 119 Å². The van der Waals surface area contributed by atoms with Gasteiger partial charge in [0.2, 0.25) is 15.9 Å². The van der Waals surface area contributed by atoms with E-state index < -0.39 is 27.4 Å². The summed E-state index contributed by atoms with van der Waals surface area (Å²) < 4.78 is 31.0. The Morgan fingerprint density at radius 2 is 1.97 bits per heavy atom. The number of benzene rings is 2. The molecule has 1 N–H and O–H groups in total. The monoisotopic (exact) mass is 441 g/mol. The molecule has 1 amide bonds. The molecule has 156 valence electrons. The van der Waals surface area contributed by atoms with Gasteiger partial charge in [0.25, 0.3) is 5.69 Å². The van der Waals surface area contributed by atoms with Crippen LogP contribution in [0.25, 0.3) is 0 Å². The molecular weight excluding hydrogens is 422 g/mol. The number of rotatable bonds is 8. The van der Waals surface area contributed by atoms with E-state index in [1.54, 1.807) is 12.1 Å². The second-order valence-corrected chi connectivity index (χ2v) is 8.72. The van der Waals surface area contributed by atoms with E-state index in [1.165, 1.54) is 24.3 Å². The molecule has 0 spiro atoms. The Balaban J connectivity index is 2.27. The lowest BCUT2D eigenvalue weighted by atomic mass is 10.2. The molecule has 0 unspecified atom stereocenters. The molecule has 0 bridgehead atoms. The summed E-state index contributed by atoms with van der Waals surface area (Å²) in [6.07, 6.45) is 0.854. The van der Waals surface area contributed by atoms with Gasteiger partial charge in [-0.25, -0.2) is 8.42 Å². The van der Waals surface area contributed by atoms with E-state index in [1.807, 2.05) is 13.8 Å². The zero-order chi connectivity index (χ0) is 21.8. The van der Waals surface area contributed by atoms with Crippen molar-refractivity contribution in [1.82, 2.24) is 0 Å². The predicted octanol–water partition coefficient (Wildman–Crippen LogP) is 3.44. The van der Waals surface area contributed by atoms with Crippen molar-refractivity contribution in [2.45, 2.75) is 20.0 Å². The van der Waals surface area contributed by atoms with Gasteiger partial charge in [-0.15, -0.1) is 0 Å². The zero-order valence-electron chi connectivity index (χ0n) is 16.0. The molecule has 0 heterocycles. The van der Waals surface area contributed by atoms with Gasteiger partial charge in [-0.1, -0.05) is 17.7 Å². The second-order valence-electron chi connectivity index (χ2n) is 6.40. The van der Waals surface area contributed by atoms with Gasteiger partial charge in [0.05, 0.1) is 33.7 Å². The minimum absolute atomic E-state index is 0.0104. The number of sulfonamides is 1.